The topological polar surface area (TPSA) is 73.1 Å². The number of carbonyl (C=O) groups is 1. The van der Waals surface area contributed by atoms with Crippen LogP contribution in [0.3, 0.4) is 0 Å². The van der Waals surface area contributed by atoms with Gasteiger partial charge in [0.1, 0.15) is 11.9 Å². The summed E-state index contributed by atoms with van der Waals surface area (Å²) in [7, 11) is 0. The molecule has 0 radical (unpaired) electrons. The van der Waals surface area contributed by atoms with Gasteiger partial charge in [-0.2, -0.15) is 5.26 Å². The molecule has 0 spiro atoms. The normalized spacial score (nSPS) is 11.6. The number of rotatable bonds is 5. The van der Waals surface area contributed by atoms with E-state index in [-0.39, 0.29) is 11.3 Å². The van der Waals surface area contributed by atoms with Gasteiger partial charge < -0.3 is 10.4 Å². The van der Waals surface area contributed by atoms with Crippen molar-refractivity contribution in [1.29, 1.82) is 5.26 Å². The summed E-state index contributed by atoms with van der Waals surface area (Å²) in [4.78, 5) is 10.9. The van der Waals surface area contributed by atoms with E-state index in [9.17, 15) is 9.18 Å². The third-order valence-corrected chi connectivity index (χ3v) is 2.30. The lowest BCUT2D eigenvalue weighted by molar-refractivity contribution is -0.138. The summed E-state index contributed by atoms with van der Waals surface area (Å²) in [5, 5.41) is 20.1. The van der Waals surface area contributed by atoms with Crippen molar-refractivity contribution in [2.45, 2.75) is 25.8 Å². The van der Waals surface area contributed by atoms with Gasteiger partial charge in [-0.3, -0.25) is 0 Å². The predicted octanol–water partition coefficient (Wildman–Crippen LogP) is 2.36. The van der Waals surface area contributed by atoms with Crippen LogP contribution in [0.1, 0.15) is 25.3 Å². The molecule has 0 aliphatic rings. The zero-order chi connectivity index (χ0) is 12.8. The van der Waals surface area contributed by atoms with E-state index < -0.39 is 17.8 Å². The smallest absolute Gasteiger partial charge is 0.326 e. The molecule has 90 valence electrons. The summed E-state index contributed by atoms with van der Waals surface area (Å²) in [6.45, 7) is 1.85. The molecule has 0 aromatic heterocycles. The number of benzene rings is 1. The predicted molar refractivity (Wildman–Crippen MR) is 61.1 cm³/mol. The van der Waals surface area contributed by atoms with Crippen LogP contribution in [-0.2, 0) is 4.79 Å². The Labute approximate surface area is 98.7 Å². The van der Waals surface area contributed by atoms with Crippen LogP contribution in [0.4, 0.5) is 10.1 Å². The van der Waals surface area contributed by atoms with E-state index in [0.717, 1.165) is 6.07 Å². The van der Waals surface area contributed by atoms with Crippen molar-refractivity contribution < 1.29 is 14.3 Å². The number of halogens is 1. The van der Waals surface area contributed by atoms with Crippen molar-refractivity contribution in [1.82, 2.24) is 0 Å². The van der Waals surface area contributed by atoms with Gasteiger partial charge in [0.2, 0.25) is 0 Å². The van der Waals surface area contributed by atoms with E-state index in [1.54, 1.807) is 0 Å². The molecule has 1 unspecified atom stereocenters. The average molecular weight is 236 g/mol. The van der Waals surface area contributed by atoms with Crippen LogP contribution >= 0.6 is 0 Å². The zero-order valence-electron chi connectivity index (χ0n) is 9.40. The highest BCUT2D eigenvalue weighted by Gasteiger charge is 2.17. The molecule has 2 N–H and O–H groups in total. The van der Waals surface area contributed by atoms with Gasteiger partial charge in [-0.05, 0) is 24.6 Å². The maximum Gasteiger partial charge on any atom is 0.326 e. The van der Waals surface area contributed by atoms with Gasteiger partial charge >= 0.3 is 5.97 Å². The number of aliphatic carboxylic acids is 1. The van der Waals surface area contributed by atoms with Crippen molar-refractivity contribution in [3.05, 3.63) is 29.6 Å². The summed E-state index contributed by atoms with van der Waals surface area (Å²) in [6.07, 6.45) is 1.09. The standard InChI is InChI=1S/C12H13FN2O2/c1-2-3-11(12(16)17)15-10-5-4-8(7-14)6-9(10)13/h4-6,11,15H,2-3H2,1H3,(H,16,17). The average Bonchev–Trinajstić information content (AvgIpc) is 2.30. The first-order chi connectivity index (χ1) is 8.08. The Hall–Kier alpha value is -2.09. The molecule has 17 heavy (non-hydrogen) atoms. The minimum absolute atomic E-state index is 0.102. The summed E-state index contributed by atoms with van der Waals surface area (Å²) < 4.78 is 13.5. The number of anilines is 1. The van der Waals surface area contributed by atoms with Gasteiger partial charge in [0.05, 0.1) is 17.3 Å². The molecule has 0 aliphatic carbocycles. The first-order valence-corrected chi connectivity index (χ1v) is 5.27. The van der Waals surface area contributed by atoms with Crippen molar-refractivity contribution in [3.8, 4) is 6.07 Å². The minimum atomic E-state index is -1.02. The fourth-order valence-corrected chi connectivity index (χ4v) is 1.44. The van der Waals surface area contributed by atoms with Crippen LogP contribution in [-0.4, -0.2) is 17.1 Å². The largest absolute Gasteiger partial charge is 0.480 e. The quantitative estimate of drug-likeness (QED) is 0.823. The van der Waals surface area contributed by atoms with Crippen LogP contribution < -0.4 is 5.32 Å². The highest BCUT2D eigenvalue weighted by atomic mass is 19.1. The van der Waals surface area contributed by atoms with E-state index >= 15 is 0 Å². The molecule has 0 aliphatic heterocycles. The fourth-order valence-electron chi connectivity index (χ4n) is 1.44. The van der Waals surface area contributed by atoms with Gasteiger partial charge in [0.25, 0.3) is 0 Å². The molecule has 0 amide bonds. The second-order valence-electron chi connectivity index (χ2n) is 3.63. The number of carboxylic acid groups (broad SMARTS) is 1. The summed E-state index contributed by atoms with van der Waals surface area (Å²) in [6, 6.07) is 4.89. The van der Waals surface area contributed by atoms with Gasteiger partial charge in [-0.15, -0.1) is 0 Å². The maximum absolute atomic E-state index is 13.5. The lowest BCUT2D eigenvalue weighted by Crippen LogP contribution is -2.29. The number of carboxylic acids is 1. The Morgan fingerprint density at radius 1 is 1.65 bits per heavy atom. The Morgan fingerprint density at radius 2 is 2.35 bits per heavy atom. The molecule has 1 atom stereocenters. The molecule has 1 aromatic rings. The molecular formula is C12H13FN2O2. The van der Waals surface area contributed by atoms with Crippen LogP contribution in [0.5, 0.6) is 0 Å². The summed E-state index contributed by atoms with van der Waals surface area (Å²) in [5.41, 5.74) is 0.306. The second kappa shape index (κ2) is 5.85. The molecule has 4 nitrogen and oxygen atoms in total. The van der Waals surface area contributed by atoms with Crippen molar-refractivity contribution in [2.24, 2.45) is 0 Å². The van der Waals surface area contributed by atoms with E-state index in [1.807, 2.05) is 13.0 Å². The Kier molecular flexibility index (Phi) is 4.46. The van der Waals surface area contributed by atoms with Gasteiger partial charge in [-0.1, -0.05) is 13.3 Å². The van der Waals surface area contributed by atoms with E-state index in [4.69, 9.17) is 10.4 Å². The molecule has 0 fully saturated rings. The molecule has 0 saturated carbocycles. The summed E-state index contributed by atoms with van der Waals surface area (Å²) >= 11 is 0. The van der Waals surface area contributed by atoms with Gasteiger partial charge in [0, 0.05) is 0 Å². The van der Waals surface area contributed by atoms with E-state index in [2.05, 4.69) is 5.32 Å². The van der Waals surface area contributed by atoms with E-state index in [1.165, 1.54) is 12.1 Å². The molecule has 0 heterocycles. The molecular weight excluding hydrogens is 223 g/mol. The monoisotopic (exact) mass is 236 g/mol. The van der Waals surface area contributed by atoms with Crippen LogP contribution in [0.15, 0.2) is 18.2 Å². The molecule has 0 bridgehead atoms. The molecule has 1 aromatic carbocycles. The first-order valence-electron chi connectivity index (χ1n) is 5.27. The second-order valence-corrected chi connectivity index (χ2v) is 3.63. The third-order valence-electron chi connectivity index (χ3n) is 2.30. The van der Waals surface area contributed by atoms with E-state index in [0.29, 0.717) is 12.8 Å². The number of nitrogens with one attached hydrogen (secondary N) is 1. The molecule has 1 rings (SSSR count). The number of hydrogen-bond acceptors (Lipinski definition) is 3. The Balaban J connectivity index is 2.87. The Morgan fingerprint density at radius 3 is 2.82 bits per heavy atom. The zero-order valence-corrected chi connectivity index (χ0v) is 9.40. The third kappa shape index (κ3) is 3.45. The Bertz CT molecular complexity index is 454. The van der Waals surface area contributed by atoms with Gasteiger partial charge in [-0.25, -0.2) is 9.18 Å². The highest BCUT2D eigenvalue weighted by molar-refractivity contribution is 5.77. The SMILES string of the molecule is CCCC(Nc1ccc(C#N)cc1F)C(=O)O. The highest BCUT2D eigenvalue weighted by Crippen LogP contribution is 2.17. The van der Waals surface area contributed by atoms with Crippen LogP contribution in [0.25, 0.3) is 0 Å². The lowest BCUT2D eigenvalue weighted by atomic mass is 10.1. The van der Waals surface area contributed by atoms with Crippen molar-refractivity contribution in [2.75, 3.05) is 5.32 Å². The molecule has 5 heteroatoms. The number of hydrogen-bond donors (Lipinski definition) is 2. The molecule has 0 saturated heterocycles. The fraction of sp³-hybridized carbons (Fsp3) is 0.333. The lowest BCUT2D eigenvalue weighted by Gasteiger charge is -2.15. The number of nitriles is 1. The van der Waals surface area contributed by atoms with Crippen LogP contribution in [0, 0.1) is 17.1 Å². The first kappa shape index (κ1) is 13.0. The number of nitrogens with zero attached hydrogens (tertiary/aromatic N) is 1. The van der Waals surface area contributed by atoms with Crippen molar-refractivity contribution in [3.63, 3.8) is 0 Å². The maximum atomic E-state index is 13.5. The van der Waals surface area contributed by atoms with Crippen molar-refractivity contribution >= 4 is 11.7 Å². The summed E-state index contributed by atoms with van der Waals surface area (Å²) in [5.74, 6) is -1.64. The van der Waals surface area contributed by atoms with Gasteiger partial charge in [0.15, 0.2) is 0 Å². The van der Waals surface area contributed by atoms with Crippen LogP contribution in [0.2, 0.25) is 0 Å². The minimum Gasteiger partial charge on any atom is -0.480 e.